The van der Waals surface area contributed by atoms with Crippen LogP contribution in [0.4, 0.5) is 0 Å². The first kappa shape index (κ1) is 16.7. The van der Waals surface area contributed by atoms with Crippen molar-refractivity contribution < 1.29 is 8.42 Å². The molecule has 1 saturated heterocycles. The van der Waals surface area contributed by atoms with Crippen LogP contribution < -0.4 is 0 Å². The van der Waals surface area contributed by atoms with Crippen molar-refractivity contribution in [3.63, 3.8) is 0 Å². The van der Waals surface area contributed by atoms with Gasteiger partial charge in [-0.15, -0.1) is 0 Å². The number of nitrogens with zero attached hydrogens (tertiary/aromatic N) is 2. The second kappa shape index (κ2) is 7.09. The third kappa shape index (κ3) is 4.19. The fourth-order valence-electron chi connectivity index (χ4n) is 2.73. The van der Waals surface area contributed by atoms with Gasteiger partial charge in [-0.25, -0.2) is 8.42 Å². The fourth-order valence-corrected chi connectivity index (χ4v) is 4.58. The molecule has 1 atom stereocenters. The largest absolute Gasteiger partial charge is 0.309 e. The topological polar surface area (TPSA) is 40.6 Å². The van der Waals surface area contributed by atoms with Crippen molar-refractivity contribution in [1.29, 1.82) is 0 Å². The normalized spacial score (nSPS) is 20.9. The first-order valence-electron chi connectivity index (χ1n) is 7.33. The molecule has 0 aromatic heterocycles. The van der Waals surface area contributed by atoms with E-state index in [1.165, 1.54) is 0 Å². The van der Waals surface area contributed by atoms with E-state index in [9.17, 15) is 8.42 Å². The van der Waals surface area contributed by atoms with E-state index in [0.29, 0.717) is 16.5 Å². The second-order valence-corrected chi connectivity index (χ2v) is 8.14. The van der Waals surface area contributed by atoms with Crippen molar-refractivity contribution in [3.8, 4) is 0 Å². The molecule has 118 valence electrons. The van der Waals surface area contributed by atoms with Gasteiger partial charge in [0.05, 0.1) is 4.90 Å². The van der Waals surface area contributed by atoms with Crippen LogP contribution in [0.3, 0.4) is 0 Å². The summed E-state index contributed by atoms with van der Waals surface area (Å²) in [7, 11) is 0.610. The molecule has 6 heteroatoms. The number of benzene rings is 1. The molecule has 0 radical (unpaired) electrons. The minimum atomic E-state index is -3.42. The van der Waals surface area contributed by atoms with E-state index in [1.807, 2.05) is 14.1 Å². The summed E-state index contributed by atoms with van der Waals surface area (Å²) in [5.41, 5.74) is 0. The molecule has 21 heavy (non-hydrogen) atoms. The Bertz CT molecular complexity index is 558. The maximum absolute atomic E-state index is 12.8. The SMILES string of the molecule is CN(C)CCC1CCCCN1S(=O)(=O)c1ccc(Cl)cc1. The molecular weight excluding hydrogens is 308 g/mol. The zero-order valence-corrected chi connectivity index (χ0v) is 14.2. The summed E-state index contributed by atoms with van der Waals surface area (Å²) in [5, 5.41) is 0.553. The van der Waals surface area contributed by atoms with E-state index in [-0.39, 0.29) is 6.04 Å². The monoisotopic (exact) mass is 330 g/mol. The Hall–Kier alpha value is -0.620. The molecular formula is C15H23ClN2O2S. The van der Waals surface area contributed by atoms with Crippen molar-refractivity contribution >= 4 is 21.6 Å². The molecule has 0 aliphatic carbocycles. The van der Waals surface area contributed by atoms with Crippen LogP contribution >= 0.6 is 11.6 Å². The lowest BCUT2D eigenvalue weighted by Gasteiger charge is -2.35. The highest BCUT2D eigenvalue weighted by atomic mass is 35.5. The average molecular weight is 331 g/mol. The van der Waals surface area contributed by atoms with Crippen molar-refractivity contribution in [2.24, 2.45) is 0 Å². The zero-order valence-electron chi connectivity index (χ0n) is 12.6. The first-order valence-corrected chi connectivity index (χ1v) is 9.15. The summed E-state index contributed by atoms with van der Waals surface area (Å²) in [6.45, 7) is 1.51. The van der Waals surface area contributed by atoms with Gasteiger partial charge in [0.1, 0.15) is 0 Å². The minimum Gasteiger partial charge on any atom is -0.309 e. The van der Waals surface area contributed by atoms with Crippen LogP contribution in [0.2, 0.25) is 5.02 Å². The summed E-state index contributed by atoms with van der Waals surface area (Å²) in [5.74, 6) is 0. The Kier molecular flexibility index (Phi) is 5.66. The third-order valence-electron chi connectivity index (χ3n) is 3.90. The molecule has 1 heterocycles. The molecule has 0 amide bonds. The average Bonchev–Trinajstić information content (AvgIpc) is 2.46. The van der Waals surface area contributed by atoms with Crippen molar-refractivity contribution in [2.45, 2.75) is 36.6 Å². The van der Waals surface area contributed by atoms with Crippen LogP contribution in [0.1, 0.15) is 25.7 Å². The highest BCUT2D eigenvalue weighted by molar-refractivity contribution is 7.89. The molecule has 1 aromatic carbocycles. The van der Waals surface area contributed by atoms with Gasteiger partial charge >= 0.3 is 0 Å². The maximum atomic E-state index is 12.8. The summed E-state index contributed by atoms with van der Waals surface area (Å²) in [6, 6.07) is 6.55. The van der Waals surface area contributed by atoms with E-state index < -0.39 is 10.0 Å². The summed E-state index contributed by atoms with van der Waals surface area (Å²) >= 11 is 5.85. The van der Waals surface area contributed by atoms with Gasteiger partial charge in [-0.2, -0.15) is 4.31 Å². The Morgan fingerprint density at radius 2 is 1.90 bits per heavy atom. The van der Waals surface area contributed by atoms with Crippen molar-refractivity contribution in [3.05, 3.63) is 29.3 Å². The summed E-state index contributed by atoms with van der Waals surface area (Å²) in [6.07, 6.45) is 3.86. The summed E-state index contributed by atoms with van der Waals surface area (Å²) < 4.78 is 27.3. The van der Waals surface area contributed by atoms with Gasteiger partial charge in [0.15, 0.2) is 0 Å². The van der Waals surface area contributed by atoms with E-state index in [4.69, 9.17) is 11.6 Å². The number of piperidine rings is 1. The zero-order chi connectivity index (χ0) is 15.5. The van der Waals surface area contributed by atoms with Crippen LogP contribution in [-0.4, -0.2) is 50.8 Å². The Morgan fingerprint density at radius 3 is 2.52 bits per heavy atom. The predicted octanol–water partition coefficient (Wildman–Crippen LogP) is 2.83. The van der Waals surface area contributed by atoms with Crippen LogP contribution in [0.5, 0.6) is 0 Å². The van der Waals surface area contributed by atoms with E-state index in [1.54, 1.807) is 28.6 Å². The smallest absolute Gasteiger partial charge is 0.243 e. The lowest BCUT2D eigenvalue weighted by atomic mass is 10.0. The summed E-state index contributed by atoms with van der Waals surface area (Å²) in [4.78, 5) is 2.44. The molecule has 1 unspecified atom stereocenters. The van der Waals surface area contributed by atoms with Gasteiger partial charge in [-0.05, 0) is 64.2 Å². The third-order valence-corrected chi connectivity index (χ3v) is 6.12. The van der Waals surface area contributed by atoms with Gasteiger partial charge in [0.25, 0.3) is 0 Å². The van der Waals surface area contributed by atoms with Crippen molar-refractivity contribution in [2.75, 3.05) is 27.2 Å². The van der Waals surface area contributed by atoms with Crippen LogP contribution in [0.15, 0.2) is 29.2 Å². The van der Waals surface area contributed by atoms with Crippen LogP contribution in [-0.2, 0) is 10.0 Å². The molecule has 1 aromatic rings. The van der Waals surface area contributed by atoms with Crippen LogP contribution in [0.25, 0.3) is 0 Å². The second-order valence-electron chi connectivity index (χ2n) is 5.81. The van der Waals surface area contributed by atoms with Gasteiger partial charge in [0.2, 0.25) is 10.0 Å². The van der Waals surface area contributed by atoms with E-state index >= 15 is 0 Å². The highest BCUT2D eigenvalue weighted by Crippen LogP contribution is 2.27. The molecule has 0 saturated carbocycles. The number of hydrogen-bond acceptors (Lipinski definition) is 3. The molecule has 1 aliphatic rings. The van der Waals surface area contributed by atoms with Gasteiger partial charge < -0.3 is 4.90 Å². The Labute approximate surface area is 132 Å². The molecule has 4 nitrogen and oxygen atoms in total. The highest BCUT2D eigenvalue weighted by Gasteiger charge is 2.33. The molecule has 0 bridgehead atoms. The number of halogens is 1. The van der Waals surface area contributed by atoms with Gasteiger partial charge in [-0.1, -0.05) is 18.0 Å². The standard InChI is InChI=1S/C15H23ClN2O2S/c1-17(2)12-10-14-5-3-4-11-18(14)21(19,20)15-8-6-13(16)7-9-15/h6-9,14H,3-5,10-12H2,1-2H3. The maximum Gasteiger partial charge on any atom is 0.243 e. The quantitative estimate of drug-likeness (QED) is 0.833. The molecule has 1 fully saturated rings. The number of sulfonamides is 1. The Morgan fingerprint density at radius 1 is 1.24 bits per heavy atom. The molecule has 0 N–H and O–H groups in total. The molecule has 2 rings (SSSR count). The molecule has 0 spiro atoms. The first-order chi connectivity index (χ1) is 9.91. The number of hydrogen-bond donors (Lipinski definition) is 0. The van der Waals surface area contributed by atoms with E-state index in [0.717, 1.165) is 32.2 Å². The fraction of sp³-hybridized carbons (Fsp3) is 0.600. The Balaban J connectivity index is 2.20. The minimum absolute atomic E-state index is 0.0989. The predicted molar refractivity (Wildman–Crippen MR) is 86.2 cm³/mol. The van der Waals surface area contributed by atoms with Gasteiger partial charge in [0, 0.05) is 17.6 Å². The number of rotatable bonds is 5. The lowest BCUT2D eigenvalue weighted by Crippen LogP contribution is -2.44. The molecule has 1 aliphatic heterocycles. The van der Waals surface area contributed by atoms with Crippen molar-refractivity contribution in [1.82, 2.24) is 9.21 Å². The van der Waals surface area contributed by atoms with E-state index in [2.05, 4.69) is 4.90 Å². The van der Waals surface area contributed by atoms with Gasteiger partial charge in [-0.3, -0.25) is 0 Å². The lowest BCUT2D eigenvalue weighted by molar-refractivity contribution is 0.222. The van der Waals surface area contributed by atoms with Crippen LogP contribution in [0, 0.1) is 0 Å².